The van der Waals surface area contributed by atoms with Crippen molar-refractivity contribution in [2.45, 2.75) is 6.42 Å². The average molecular weight is 255 g/mol. The fourth-order valence-electron chi connectivity index (χ4n) is 1.88. The van der Waals surface area contributed by atoms with Gasteiger partial charge in [0.2, 0.25) is 10.0 Å². The Morgan fingerprint density at radius 1 is 1.24 bits per heavy atom. The van der Waals surface area contributed by atoms with Crippen molar-refractivity contribution >= 4 is 15.6 Å². The Bertz CT molecular complexity index is 534. The van der Waals surface area contributed by atoms with Crippen molar-refractivity contribution in [3.05, 3.63) is 41.7 Å². The zero-order valence-corrected chi connectivity index (χ0v) is 10.4. The molecule has 92 valence electrons. The van der Waals surface area contributed by atoms with Gasteiger partial charge in [-0.1, -0.05) is 18.2 Å². The van der Waals surface area contributed by atoms with Gasteiger partial charge in [-0.25, -0.2) is 12.8 Å². The molecule has 5 heteroatoms. The number of hydrogen-bond acceptors (Lipinski definition) is 2. The molecule has 0 radical (unpaired) electrons. The van der Waals surface area contributed by atoms with Gasteiger partial charge in [0.1, 0.15) is 5.82 Å². The van der Waals surface area contributed by atoms with Crippen molar-refractivity contribution in [2.75, 3.05) is 19.3 Å². The summed E-state index contributed by atoms with van der Waals surface area (Å²) < 4.78 is 36.8. The largest absolute Gasteiger partial charge is 0.212 e. The van der Waals surface area contributed by atoms with Crippen LogP contribution < -0.4 is 0 Å². The van der Waals surface area contributed by atoms with Gasteiger partial charge in [0, 0.05) is 13.1 Å². The van der Waals surface area contributed by atoms with E-state index >= 15 is 0 Å². The van der Waals surface area contributed by atoms with Crippen LogP contribution in [0.1, 0.15) is 12.0 Å². The van der Waals surface area contributed by atoms with E-state index in [1.165, 1.54) is 22.7 Å². The van der Waals surface area contributed by atoms with Crippen LogP contribution in [0.3, 0.4) is 0 Å². The fourth-order valence-corrected chi connectivity index (χ4v) is 2.65. The maximum atomic E-state index is 12.8. The lowest BCUT2D eigenvalue weighted by Crippen LogP contribution is -2.33. The van der Waals surface area contributed by atoms with E-state index < -0.39 is 10.0 Å². The van der Waals surface area contributed by atoms with Gasteiger partial charge >= 0.3 is 0 Å². The molecule has 1 aliphatic heterocycles. The Labute approximate surface area is 101 Å². The highest BCUT2D eigenvalue weighted by atomic mass is 32.2. The Balaban J connectivity index is 2.16. The molecule has 0 aliphatic carbocycles. The highest BCUT2D eigenvalue weighted by molar-refractivity contribution is 7.88. The summed E-state index contributed by atoms with van der Waals surface area (Å²) in [5.74, 6) is -0.261. The van der Waals surface area contributed by atoms with Crippen LogP contribution in [0.4, 0.5) is 4.39 Å². The van der Waals surface area contributed by atoms with Gasteiger partial charge in [0.25, 0.3) is 0 Å². The predicted molar refractivity (Wildman–Crippen MR) is 65.4 cm³/mol. The van der Waals surface area contributed by atoms with E-state index in [0.29, 0.717) is 19.5 Å². The molecule has 1 aromatic carbocycles. The number of halogens is 1. The molecular formula is C12H14FNO2S. The summed E-state index contributed by atoms with van der Waals surface area (Å²) in [4.78, 5) is 0. The maximum absolute atomic E-state index is 12.8. The third-order valence-electron chi connectivity index (χ3n) is 2.86. The second-order valence-corrected chi connectivity index (χ2v) is 6.09. The topological polar surface area (TPSA) is 37.4 Å². The lowest BCUT2D eigenvalue weighted by molar-refractivity contribution is 0.446. The molecule has 0 fully saturated rings. The summed E-state index contributed by atoms with van der Waals surface area (Å²) in [7, 11) is -3.11. The monoisotopic (exact) mass is 255 g/mol. The van der Waals surface area contributed by atoms with E-state index in [9.17, 15) is 12.8 Å². The first-order valence-electron chi connectivity index (χ1n) is 5.37. The quantitative estimate of drug-likeness (QED) is 0.809. The SMILES string of the molecule is CS(=O)(=O)N1CC=C(c2ccc(F)cc2)CC1. The maximum Gasteiger partial charge on any atom is 0.211 e. The first kappa shape index (κ1) is 12.3. The van der Waals surface area contributed by atoms with Gasteiger partial charge in [-0.2, -0.15) is 4.31 Å². The highest BCUT2D eigenvalue weighted by Gasteiger charge is 2.19. The van der Waals surface area contributed by atoms with Crippen molar-refractivity contribution < 1.29 is 12.8 Å². The number of rotatable bonds is 2. The summed E-state index contributed by atoms with van der Waals surface area (Å²) >= 11 is 0. The Kier molecular flexibility index (Phi) is 3.31. The van der Waals surface area contributed by atoms with Crippen molar-refractivity contribution in [1.82, 2.24) is 4.31 Å². The zero-order valence-electron chi connectivity index (χ0n) is 9.56. The minimum atomic E-state index is -3.11. The average Bonchev–Trinajstić information content (AvgIpc) is 2.29. The minimum Gasteiger partial charge on any atom is -0.212 e. The number of benzene rings is 1. The van der Waals surface area contributed by atoms with Crippen LogP contribution >= 0.6 is 0 Å². The van der Waals surface area contributed by atoms with Crippen LogP contribution in [-0.2, 0) is 10.0 Å². The lowest BCUT2D eigenvalue weighted by Gasteiger charge is -2.24. The summed E-state index contributed by atoms with van der Waals surface area (Å²) in [6, 6.07) is 6.27. The van der Waals surface area contributed by atoms with Gasteiger partial charge in [0.05, 0.1) is 6.26 Å². The van der Waals surface area contributed by atoms with Crippen LogP contribution in [0.5, 0.6) is 0 Å². The Morgan fingerprint density at radius 2 is 1.88 bits per heavy atom. The molecular weight excluding hydrogens is 241 g/mol. The summed E-state index contributed by atoms with van der Waals surface area (Å²) in [6.07, 6.45) is 3.76. The zero-order chi connectivity index (χ0) is 12.5. The molecule has 2 rings (SSSR count). The Morgan fingerprint density at radius 3 is 2.35 bits per heavy atom. The molecule has 1 aliphatic rings. The first-order chi connectivity index (χ1) is 7.97. The van der Waals surface area contributed by atoms with E-state index in [1.807, 2.05) is 6.08 Å². The molecule has 0 amide bonds. The molecule has 1 aromatic rings. The van der Waals surface area contributed by atoms with Gasteiger partial charge in [0.15, 0.2) is 0 Å². The number of hydrogen-bond donors (Lipinski definition) is 0. The minimum absolute atomic E-state index is 0.261. The third kappa shape index (κ3) is 2.92. The first-order valence-corrected chi connectivity index (χ1v) is 7.22. The van der Waals surface area contributed by atoms with Crippen LogP contribution in [0.25, 0.3) is 5.57 Å². The van der Waals surface area contributed by atoms with Gasteiger partial charge in [-0.05, 0) is 29.7 Å². The molecule has 0 N–H and O–H groups in total. The third-order valence-corrected chi connectivity index (χ3v) is 4.13. The molecule has 17 heavy (non-hydrogen) atoms. The highest BCUT2D eigenvalue weighted by Crippen LogP contribution is 2.23. The molecule has 0 saturated carbocycles. The van der Waals surface area contributed by atoms with Gasteiger partial charge in [-0.15, -0.1) is 0 Å². The molecule has 0 spiro atoms. The number of sulfonamides is 1. The normalized spacial score (nSPS) is 17.9. The van der Waals surface area contributed by atoms with Crippen LogP contribution in [0.15, 0.2) is 30.3 Å². The van der Waals surface area contributed by atoms with Crippen molar-refractivity contribution in [3.8, 4) is 0 Å². The predicted octanol–water partition coefficient (Wildman–Crippen LogP) is 1.87. The van der Waals surface area contributed by atoms with Crippen molar-refractivity contribution in [3.63, 3.8) is 0 Å². The molecule has 0 unspecified atom stereocenters. The summed E-state index contributed by atoms with van der Waals surface area (Å²) in [5, 5.41) is 0. The fraction of sp³-hybridized carbons (Fsp3) is 0.333. The Hall–Kier alpha value is -1.20. The second-order valence-electron chi connectivity index (χ2n) is 4.11. The second kappa shape index (κ2) is 4.58. The van der Waals surface area contributed by atoms with Crippen LogP contribution in [-0.4, -0.2) is 32.1 Å². The molecule has 0 atom stereocenters. The van der Waals surface area contributed by atoms with Crippen LogP contribution in [0.2, 0.25) is 0 Å². The molecule has 3 nitrogen and oxygen atoms in total. The molecule has 1 heterocycles. The number of nitrogens with zero attached hydrogens (tertiary/aromatic N) is 1. The molecule has 0 saturated heterocycles. The van der Waals surface area contributed by atoms with E-state index in [-0.39, 0.29) is 5.82 Å². The molecule has 0 aromatic heterocycles. The molecule has 0 bridgehead atoms. The smallest absolute Gasteiger partial charge is 0.211 e. The van der Waals surface area contributed by atoms with E-state index in [2.05, 4.69) is 0 Å². The van der Waals surface area contributed by atoms with Crippen LogP contribution in [0, 0.1) is 5.82 Å². The van der Waals surface area contributed by atoms with E-state index in [4.69, 9.17) is 0 Å². The van der Waals surface area contributed by atoms with Crippen molar-refractivity contribution in [1.29, 1.82) is 0 Å². The lowest BCUT2D eigenvalue weighted by atomic mass is 10.0. The van der Waals surface area contributed by atoms with E-state index in [0.717, 1.165) is 11.1 Å². The summed E-state index contributed by atoms with van der Waals surface area (Å²) in [6.45, 7) is 0.883. The summed E-state index contributed by atoms with van der Waals surface area (Å²) in [5.41, 5.74) is 2.03. The van der Waals surface area contributed by atoms with E-state index in [1.54, 1.807) is 12.1 Å². The standard InChI is InChI=1S/C12H14FNO2S/c1-17(15,16)14-8-6-11(7-9-14)10-2-4-12(13)5-3-10/h2-6H,7-9H2,1H3. The van der Waals surface area contributed by atoms with Crippen molar-refractivity contribution in [2.24, 2.45) is 0 Å². The van der Waals surface area contributed by atoms with Gasteiger partial charge in [-0.3, -0.25) is 0 Å². The van der Waals surface area contributed by atoms with Gasteiger partial charge < -0.3 is 0 Å².